The Bertz CT molecular complexity index is 1150. The smallest absolute Gasteiger partial charge is 0.432 e. The largest absolute Gasteiger partial charge is 0.478 e. The summed E-state index contributed by atoms with van der Waals surface area (Å²) in [6, 6.07) is 4.03. The molecule has 0 saturated carbocycles. The molecule has 0 fully saturated rings. The number of hydrogen-bond acceptors (Lipinski definition) is 7. The van der Waals surface area contributed by atoms with E-state index >= 15 is 0 Å². The Morgan fingerprint density at radius 2 is 1.81 bits per heavy atom. The lowest BCUT2D eigenvalue weighted by Gasteiger charge is -2.44. The monoisotopic (exact) mass is 439 g/mol. The Kier molecular flexibility index (Phi) is 5.34. The van der Waals surface area contributed by atoms with Gasteiger partial charge in [-0.2, -0.15) is 13.2 Å². The zero-order valence-corrected chi connectivity index (χ0v) is 16.2. The van der Waals surface area contributed by atoms with Gasteiger partial charge in [-0.05, 0) is 35.3 Å². The molecule has 1 aliphatic heterocycles. The van der Waals surface area contributed by atoms with E-state index in [1.807, 2.05) is 0 Å². The van der Waals surface area contributed by atoms with Crippen molar-refractivity contribution in [3.8, 4) is 0 Å². The fraction of sp³-hybridized carbons (Fsp3) is 0.316. The highest BCUT2D eigenvalue weighted by molar-refractivity contribution is 6.05. The third-order valence-electron chi connectivity index (χ3n) is 5.31. The first-order chi connectivity index (χ1) is 14.6. The minimum Gasteiger partial charge on any atom is -0.478 e. The molecule has 2 aromatic rings. The van der Waals surface area contributed by atoms with Gasteiger partial charge in [0.25, 0.3) is 0 Å². The first-order valence-electron chi connectivity index (χ1n) is 9.03. The van der Waals surface area contributed by atoms with Crippen molar-refractivity contribution in [2.24, 2.45) is 0 Å². The molecule has 0 aliphatic carbocycles. The Morgan fingerprint density at radius 3 is 2.29 bits per heavy atom. The highest BCUT2D eigenvalue weighted by Crippen LogP contribution is 2.53. The first kappa shape index (κ1) is 22.0. The van der Waals surface area contributed by atoms with Crippen molar-refractivity contribution < 1.29 is 42.4 Å². The van der Waals surface area contributed by atoms with Crippen molar-refractivity contribution in [2.75, 3.05) is 6.54 Å². The second-order valence-electron chi connectivity index (χ2n) is 6.65. The van der Waals surface area contributed by atoms with Crippen molar-refractivity contribution in [3.63, 3.8) is 0 Å². The number of carbonyl (C=O) groups is 3. The summed E-state index contributed by atoms with van der Waals surface area (Å²) in [5.74, 6) is -3.72. The van der Waals surface area contributed by atoms with E-state index in [9.17, 15) is 37.8 Å². The Morgan fingerprint density at radius 1 is 1.16 bits per heavy atom. The molecule has 1 aromatic heterocycles. The molecule has 0 bridgehead atoms. The molecule has 0 amide bonds. The van der Waals surface area contributed by atoms with Crippen LogP contribution in [0, 0.1) is 0 Å². The number of hydrogen-bond donors (Lipinski definition) is 2. The fourth-order valence-electron chi connectivity index (χ4n) is 4.22. The lowest BCUT2D eigenvalue weighted by molar-refractivity contribution is -0.139. The molecule has 1 aromatic carbocycles. The second kappa shape index (κ2) is 7.52. The van der Waals surface area contributed by atoms with E-state index in [1.165, 1.54) is 32.0 Å². The van der Waals surface area contributed by atoms with Gasteiger partial charge in [-0.25, -0.2) is 14.2 Å². The molecular weight excluding hydrogens is 423 g/mol. The predicted molar refractivity (Wildman–Crippen MR) is 97.6 cm³/mol. The number of carboxylic acid groups (broad SMARTS) is 2. The van der Waals surface area contributed by atoms with Crippen LogP contribution in [-0.2, 0) is 19.8 Å². The number of nitrogens with zero attached hydrogens (tertiary/aromatic N) is 3. The number of likely N-dealkylation sites (N-methyl/N-ethyl adjacent to an activating group) is 1. The number of allylic oxidation sites excluding steroid dienone is 2. The first-order valence-corrected chi connectivity index (χ1v) is 9.03. The summed E-state index contributed by atoms with van der Waals surface area (Å²) < 4.78 is 47.2. The van der Waals surface area contributed by atoms with Crippen LogP contribution in [0.15, 0.2) is 45.4 Å². The number of rotatable bonds is 6. The van der Waals surface area contributed by atoms with Crippen molar-refractivity contribution in [1.29, 1.82) is 0 Å². The van der Waals surface area contributed by atoms with E-state index in [-0.39, 0.29) is 22.9 Å². The quantitative estimate of drug-likeness (QED) is 0.652. The predicted octanol–water partition coefficient (Wildman–Crippen LogP) is 2.64. The second-order valence-corrected chi connectivity index (χ2v) is 6.65. The molecule has 0 radical (unpaired) electrons. The number of carbonyl (C=O) groups excluding carboxylic acids is 1. The fourth-order valence-corrected chi connectivity index (χ4v) is 4.22. The zero-order chi connectivity index (χ0) is 23.1. The lowest BCUT2D eigenvalue weighted by Crippen LogP contribution is -2.49. The summed E-state index contributed by atoms with van der Waals surface area (Å²) in [5.41, 5.74) is -7.01. The van der Waals surface area contributed by atoms with Crippen LogP contribution in [0.2, 0.25) is 0 Å². The number of aromatic nitrogens is 2. The standard InChI is InChI=1S/C19H16F3N3O6/c1-3-18(9-6-5-7-10-14(9)24-31-23-10)12(16(27)28)11(8-26)25(4-2)15(19(20,21)22)13(18)17(29)30/h5-8H,3-4H2,1-2H3,(H,27,28)(H,29,30). The number of benzene rings is 1. The molecule has 3 rings (SSSR count). The average molecular weight is 439 g/mol. The van der Waals surface area contributed by atoms with Crippen LogP contribution >= 0.6 is 0 Å². The van der Waals surface area contributed by atoms with Gasteiger partial charge in [0, 0.05) is 6.54 Å². The minimum absolute atomic E-state index is 0.0110. The van der Waals surface area contributed by atoms with Crippen molar-refractivity contribution >= 4 is 29.3 Å². The zero-order valence-electron chi connectivity index (χ0n) is 16.2. The summed E-state index contributed by atoms with van der Waals surface area (Å²) in [7, 11) is 0. The van der Waals surface area contributed by atoms with Gasteiger partial charge in [0.05, 0.1) is 22.3 Å². The van der Waals surface area contributed by atoms with Crippen LogP contribution < -0.4 is 0 Å². The maximum Gasteiger partial charge on any atom is 0.432 e. The van der Waals surface area contributed by atoms with Gasteiger partial charge in [-0.15, -0.1) is 0 Å². The van der Waals surface area contributed by atoms with Crippen LogP contribution in [0.4, 0.5) is 13.2 Å². The highest BCUT2D eigenvalue weighted by Gasteiger charge is 2.58. The molecule has 164 valence electrons. The number of fused-ring (bicyclic) bond motifs is 1. The molecule has 31 heavy (non-hydrogen) atoms. The van der Waals surface area contributed by atoms with Crippen LogP contribution in [-0.4, -0.2) is 56.4 Å². The minimum atomic E-state index is -5.21. The summed E-state index contributed by atoms with van der Waals surface area (Å²) in [6.45, 7) is 2.08. The van der Waals surface area contributed by atoms with Gasteiger partial charge in [-0.3, -0.25) is 4.79 Å². The van der Waals surface area contributed by atoms with Crippen molar-refractivity contribution in [2.45, 2.75) is 31.9 Å². The van der Waals surface area contributed by atoms with Gasteiger partial charge in [-0.1, -0.05) is 19.1 Å². The number of aliphatic carboxylic acids is 2. The maximum atomic E-state index is 14.2. The van der Waals surface area contributed by atoms with Crippen LogP contribution in [0.25, 0.3) is 11.0 Å². The molecule has 12 heteroatoms. The number of alkyl halides is 3. The van der Waals surface area contributed by atoms with Crippen molar-refractivity contribution in [1.82, 2.24) is 15.2 Å². The number of aldehydes is 1. The van der Waals surface area contributed by atoms with Gasteiger partial charge < -0.3 is 15.1 Å². The summed E-state index contributed by atoms with van der Waals surface area (Å²) in [6.07, 6.45) is -5.65. The van der Waals surface area contributed by atoms with Gasteiger partial charge in [0.15, 0.2) is 6.29 Å². The Balaban J connectivity index is 2.66. The molecule has 2 N–H and O–H groups in total. The van der Waals surface area contributed by atoms with E-state index in [4.69, 9.17) is 0 Å². The molecule has 0 spiro atoms. The topological polar surface area (TPSA) is 134 Å². The maximum absolute atomic E-state index is 14.2. The summed E-state index contributed by atoms with van der Waals surface area (Å²) in [5, 5.41) is 27.2. The third kappa shape index (κ3) is 3.05. The van der Waals surface area contributed by atoms with Crippen molar-refractivity contribution in [3.05, 3.63) is 46.3 Å². The van der Waals surface area contributed by atoms with E-state index < -0.39 is 59.0 Å². The molecule has 2 heterocycles. The third-order valence-corrected chi connectivity index (χ3v) is 5.31. The molecule has 1 unspecified atom stereocenters. The average Bonchev–Trinajstić information content (AvgIpc) is 3.19. The van der Waals surface area contributed by atoms with Crippen LogP contribution in [0.1, 0.15) is 25.8 Å². The molecule has 1 atom stereocenters. The lowest BCUT2D eigenvalue weighted by atomic mass is 9.63. The molecule has 0 saturated heterocycles. The number of carboxylic acids is 2. The normalized spacial score (nSPS) is 19.8. The van der Waals surface area contributed by atoms with Crippen LogP contribution in [0.3, 0.4) is 0 Å². The van der Waals surface area contributed by atoms with E-state index in [2.05, 4.69) is 14.9 Å². The van der Waals surface area contributed by atoms with Gasteiger partial charge in [0.1, 0.15) is 16.7 Å². The Hall–Kier alpha value is -3.70. The SMILES string of the molecule is CCN1C(C=O)=C(C(=O)O)C(CC)(c2cccc3nonc23)C(C(=O)O)=C1C(F)(F)F. The molecule has 9 nitrogen and oxygen atoms in total. The highest BCUT2D eigenvalue weighted by atomic mass is 19.4. The summed E-state index contributed by atoms with van der Waals surface area (Å²) in [4.78, 5) is 36.9. The number of halogens is 3. The van der Waals surface area contributed by atoms with E-state index in [1.54, 1.807) is 0 Å². The van der Waals surface area contributed by atoms with Gasteiger partial charge in [0.2, 0.25) is 0 Å². The molecule has 1 aliphatic rings. The van der Waals surface area contributed by atoms with E-state index in [0.717, 1.165) is 0 Å². The van der Waals surface area contributed by atoms with Crippen LogP contribution in [0.5, 0.6) is 0 Å². The Labute approximate surface area is 172 Å². The van der Waals surface area contributed by atoms with Gasteiger partial charge >= 0.3 is 18.1 Å². The summed E-state index contributed by atoms with van der Waals surface area (Å²) >= 11 is 0. The van der Waals surface area contributed by atoms with E-state index in [0.29, 0.717) is 4.90 Å². The molecular formula is C19H16F3N3O6.